The van der Waals surface area contributed by atoms with Gasteiger partial charge in [-0.05, 0) is 17.3 Å². The van der Waals surface area contributed by atoms with Crippen LogP contribution in [0.15, 0.2) is 0 Å². The van der Waals surface area contributed by atoms with Gasteiger partial charge in [-0.1, -0.05) is 54.4 Å². The maximum atomic E-state index is 2.31. The van der Waals surface area contributed by atoms with E-state index in [4.69, 9.17) is 0 Å². The van der Waals surface area contributed by atoms with Gasteiger partial charge in [-0.15, -0.1) is 0 Å². The van der Waals surface area contributed by atoms with Gasteiger partial charge in [-0.25, -0.2) is 0 Å². The van der Waals surface area contributed by atoms with Gasteiger partial charge in [0.25, 0.3) is 0 Å². The Morgan fingerprint density at radius 2 is 1.45 bits per heavy atom. The SMILES string of the molecule is CCC(CC)[C](C)C(C)(C)C. The van der Waals surface area contributed by atoms with Gasteiger partial charge >= 0.3 is 0 Å². The van der Waals surface area contributed by atoms with Gasteiger partial charge in [0.1, 0.15) is 0 Å². The first-order chi connectivity index (χ1) is 4.93. The van der Waals surface area contributed by atoms with E-state index >= 15 is 0 Å². The van der Waals surface area contributed by atoms with E-state index in [1.807, 2.05) is 0 Å². The highest BCUT2D eigenvalue weighted by Gasteiger charge is 2.26. The summed E-state index contributed by atoms with van der Waals surface area (Å²) in [5.74, 6) is 2.48. The Kier molecular flexibility index (Phi) is 4.13. The Balaban J connectivity index is 4.09. The van der Waals surface area contributed by atoms with Gasteiger partial charge in [0.2, 0.25) is 0 Å². The molecule has 0 spiro atoms. The molecule has 0 aromatic heterocycles. The van der Waals surface area contributed by atoms with Crippen LogP contribution in [0.2, 0.25) is 0 Å². The molecule has 1 radical (unpaired) electrons. The summed E-state index contributed by atoms with van der Waals surface area (Å²) in [4.78, 5) is 0. The van der Waals surface area contributed by atoms with Crippen molar-refractivity contribution in [1.29, 1.82) is 0 Å². The summed E-state index contributed by atoms with van der Waals surface area (Å²) in [6, 6.07) is 0. The molecule has 0 amide bonds. The van der Waals surface area contributed by atoms with Crippen LogP contribution in [0, 0.1) is 17.3 Å². The normalized spacial score (nSPS) is 13.1. The van der Waals surface area contributed by atoms with Crippen molar-refractivity contribution < 1.29 is 0 Å². The van der Waals surface area contributed by atoms with E-state index in [0.717, 1.165) is 5.92 Å². The quantitative estimate of drug-likeness (QED) is 0.576. The van der Waals surface area contributed by atoms with E-state index < -0.39 is 0 Å². The second kappa shape index (κ2) is 4.13. The highest BCUT2D eigenvalue weighted by Crippen LogP contribution is 2.36. The fourth-order valence-electron chi connectivity index (χ4n) is 1.51. The molecule has 0 aliphatic carbocycles. The van der Waals surface area contributed by atoms with Crippen LogP contribution < -0.4 is 0 Å². The predicted molar refractivity (Wildman–Crippen MR) is 52.4 cm³/mol. The number of hydrogen-bond donors (Lipinski definition) is 0. The summed E-state index contributed by atoms with van der Waals surface area (Å²) in [5.41, 5.74) is 0.399. The van der Waals surface area contributed by atoms with Crippen molar-refractivity contribution in [3.05, 3.63) is 5.92 Å². The molecule has 0 aliphatic heterocycles. The molecule has 0 saturated heterocycles. The van der Waals surface area contributed by atoms with Gasteiger partial charge in [0.15, 0.2) is 0 Å². The van der Waals surface area contributed by atoms with Crippen molar-refractivity contribution in [2.24, 2.45) is 11.3 Å². The lowest BCUT2D eigenvalue weighted by atomic mass is 9.72. The van der Waals surface area contributed by atoms with Gasteiger partial charge in [-0.3, -0.25) is 0 Å². The third kappa shape index (κ3) is 3.27. The fraction of sp³-hybridized carbons (Fsp3) is 0.909. The van der Waals surface area contributed by atoms with Crippen molar-refractivity contribution in [1.82, 2.24) is 0 Å². The molecule has 0 aromatic carbocycles. The minimum Gasteiger partial charge on any atom is -0.0651 e. The Hall–Kier alpha value is 0. The van der Waals surface area contributed by atoms with E-state index in [-0.39, 0.29) is 0 Å². The second-order valence-electron chi connectivity index (χ2n) is 4.45. The van der Waals surface area contributed by atoms with Gasteiger partial charge in [0.05, 0.1) is 0 Å². The van der Waals surface area contributed by atoms with Crippen molar-refractivity contribution in [2.75, 3.05) is 0 Å². The molecule has 0 heterocycles. The molecule has 0 fully saturated rings. The molecule has 0 bridgehead atoms. The monoisotopic (exact) mass is 155 g/mol. The van der Waals surface area contributed by atoms with E-state index in [9.17, 15) is 0 Å². The molecule has 0 heteroatoms. The maximum absolute atomic E-state index is 2.31. The maximum Gasteiger partial charge on any atom is -0.0188 e. The third-order valence-electron chi connectivity index (χ3n) is 2.78. The molecule has 0 atom stereocenters. The number of rotatable bonds is 3. The topological polar surface area (TPSA) is 0 Å². The van der Waals surface area contributed by atoms with Crippen molar-refractivity contribution in [3.8, 4) is 0 Å². The first-order valence-corrected chi connectivity index (χ1v) is 4.77. The first kappa shape index (κ1) is 11.0. The molecule has 0 rings (SSSR count). The first-order valence-electron chi connectivity index (χ1n) is 4.77. The van der Waals surface area contributed by atoms with Crippen LogP contribution in [0.3, 0.4) is 0 Å². The zero-order chi connectivity index (χ0) is 9.07. The Morgan fingerprint density at radius 3 is 1.55 bits per heavy atom. The van der Waals surface area contributed by atoms with Crippen molar-refractivity contribution in [3.63, 3.8) is 0 Å². The van der Waals surface area contributed by atoms with Crippen LogP contribution in [0.4, 0.5) is 0 Å². The molecular weight excluding hydrogens is 132 g/mol. The summed E-state index contributed by atoms with van der Waals surface area (Å²) >= 11 is 0. The predicted octanol–water partition coefficient (Wildman–Crippen LogP) is 4.06. The fourth-order valence-corrected chi connectivity index (χ4v) is 1.51. The lowest BCUT2D eigenvalue weighted by Crippen LogP contribution is -2.22. The van der Waals surface area contributed by atoms with Gasteiger partial charge in [0, 0.05) is 0 Å². The van der Waals surface area contributed by atoms with E-state index in [1.165, 1.54) is 12.8 Å². The highest BCUT2D eigenvalue weighted by atomic mass is 14.3. The average Bonchev–Trinajstić information content (AvgIpc) is 1.88. The van der Waals surface area contributed by atoms with Crippen LogP contribution in [-0.2, 0) is 0 Å². The van der Waals surface area contributed by atoms with E-state index in [2.05, 4.69) is 41.5 Å². The summed E-state index contributed by atoms with van der Waals surface area (Å²) in [7, 11) is 0. The minimum absolute atomic E-state index is 0.399. The Bertz CT molecular complexity index is 93.1. The zero-order valence-electron chi connectivity index (χ0n) is 8.99. The van der Waals surface area contributed by atoms with Crippen LogP contribution >= 0.6 is 0 Å². The van der Waals surface area contributed by atoms with Gasteiger partial charge in [-0.2, -0.15) is 0 Å². The van der Waals surface area contributed by atoms with Crippen LogP contribution in [0.25, 0.3) is 0 Å². The Labute approximate surface area is 72.4 Å². The Morgan fingerprint density at radius 1 is 1.09 bits per heavy atom. The lowest BCUT2D eigenvalue weighted by Gasteiger charge is -2.32. The standard InChI is InChI=1S/C11H23/c1-7-10(8-2)9(3)11(4,5)6/h10H,7-8H2,1-6H3. The summed E-state index contributed by atoms with van der Waals surface area (Å²) in [6.45, 7) is 13.8. The van der Waals surface area contributed by atoms with Crippen LogP contribution in [0.1, 0.15) is 54.4 Å². The molecular formula is C11H23. The molecule has 0 aromatic rings. The van der Waals surface area contributed by atoms with Crippen LogP contribution in [-0.4, -0.2) is 0 Å². The second-order valence-corrected chi connectivity index (χ2v) is 4.45. The largest absolute Gasteiger partial charge is 0.0651 e. The lowest BCUT2D eigenvalue weighted by molar-refractivity contribution is 0.331. The van der Waals surface area contributed by atoms with E-state index in [1.54, 1.807) is 5.92 Å². The zero-order valence-corrected chi connectivity index (χ0v) is 8.99. The van der Waals surface area contributed by atoms with Crippen LogP contribution in [0.5, 0.6) is 0 Å². The minimum atomic E-state index is 0.399. The third-order valence-corrected chi connectivity index (χ3v) is 2.78. The summed E-state index contributed by atoms with van der Waals surface area (Å²) in [6.07, 6.45) is 2.58. The van der Waals surface area contributed by atoms with Crippen molar-refractivity contribution >= 4 is 0 Å². The van der Waals surface area contributed by atoms with Gasteiger partial charge < -0.3 is 0 Å². The molecule has 67 valence electrons. The number of hydrogen-bond acceptors (Lipinski definition) is 0. The average molecular weight is 155 g/mol. The molecule has 0 nitrogen and oxygen atoms in total. The molecule has 0 N–H and O–H groups in total. The highest BCUT2D eigenvalue weighted by molar-refractivity contribution is 5.00. The van der Waals surface area contributed by atoms with Crippen molar-refractivity contribution in [2.45, 2.75) is 54.4 Å². The molecule has 11 heavy (non-hydrogen) atoms. The molecule has 0 aliphatic rings. The summed E-state index contributed by atoms with van der Waals surface area (Å²) in [5, 5.41) is 0. The smallest absolute Gasteiger partial charge is 0.0188 e. The van der Waals surface area contributed by atoms with E-state index in [0.29, 0.717) is 5.41 Å². The summed E-state index contributed by atoms with van der Waals surface area (Å²) < 4.78 is 0. The molecule has 0 saturated carbocycles. The molecule has 0 unspecified atom stereocenters.